The Morgan fingerprint density at radius 3 is 2.47 bits per heavy atom. The van der Waals surface area contributed by atoms with Gasteiger partial charge < -0.3 is 9.52 Å². The standard InChI is InChI=1S/C9H10O5S/c10-9(11)7-4-5-8(14-7)15(12,13)6-2-1-3-6/h4-6H,1-3H2,(H,10,11). The van der Waals surface area contributed by atoms with Crippen molar-refractivity contribution in [2.75, 3.05) is 0 Å². The quantitative estimate of drug-likeness (QED) is 0.846. The zero-order valence-corrected chi connectivity index (χ0v) is 8.66. The summed E-state index contributed by atoms with van der Waals surface area (Å²) in [4.78, 5) is 10.5. The van der Waals surface area contributed by atoms with Gasteiger partial charge in [-0.25, -0.2) is 13.2 Å². The van der Waals surface area contributed by atoms with Crippen molar-refractivity contribution in [1.29, 1.82) is 0 Å². The number of aromatic carboxylic acids is 1. The number of rotatable bonds is 3. The van der Waals surface area contributed by atoms with E-state index in [1.807, 2.05) is 0 Å². The van der Waals surface area contributed by atoms with Gasteiger partial charge in [0.05, 0.1) is 5.25 Å². The lowest BCUT2D eigenvalue weighted by molar-refractivity contribution is 0.0656. The lowest BCUT2D eigenvalue weighted by Gasteiger charge is -2.23. The summed E-state index contributed by atoms with van der Waals surface area (Å²) in [5, 5.41) is 7.96. The van der Waals surface area contributed by atoms with Gasteiger partial charge in [-0.15, -0.1) is 0 Å². The Kier molecular flexibility index (Phi) is 2.30. The molecule has 0 radical (unpaired) electrons. The molecule has 0 spiro atoms. The monoisotopic (exact) mass is 230 g/mol. The molecule has 0 atom stereocenters. The van der Waals surface area contributed by atoms with Gasteiger partial charge in [-0.05, 0) is 25.0 Å². The molecule has 6 heteroatoms. The van der Waals surface area contributed by atoms with Crippen LogP contribution in [0.15, 0.2) is 21.6 Å². The van der Waals surface area contributed by atoms with E-state index >= 15 is 0 Å². The molecule has 1 saturated carbocycles. The third-order valence-corrected chi connectivity index (χ3v) is 4.69. The molecule has 0 bridgehead atoms. The second-order valence-electron chi connectivity index (χ2n) is 3.52. The van der Waals surface area contributed by atoms with Crippen molar-refractivity contribution in [3.8, 4) is 0 Å². The van der Waals surface area contributed by atoms with Crippen molar-refractivity contribution in [3.63, 3.8) is 0 Å². The molecule has 15 heavy (non-hydrogen) atoms. The van der Waals surface area contributed by atoms with Gasteiger partial charge in [0.1, 0.15) is 0 Å². The molecule has 1 aromatic rings. The normalized spacial score (nSPS) is 17.3. The van der Waals surface area contributed by atoms with E-state index in [4.69, 9.17) is 9.52 Å². The predicted octanol–water partition coefficient (Wildman–Crippen LogP) is 1.30. The molecular formula is C9H10O5S. The first kappa shape index (κ1) is 10.2. The molecule has 1 N–H and O–H groups in total. The number of sulfone groups is 1. The van der Waals surface area contributed by atoms with E-state index < -0.39 is 21.1 Å². The number of furan rings is 1. The highest BCUT2D eigenvalue weighted by Crippen LogP contribution is 2.31. The fraction of sp³-hybridized carbons (Fsp3) is 0.444. The Labute approximate surface area is 86.6 Å². The summed E-state index contributed by atoms with van der Waals surface area (Å²) in [7, 11) is -3.44. The number of hydrogen-bond acceptors (Lipinski definition) is 4. The predicted molar refractivity (Wildman–Crippen MR) is 50.5 cm³/mol. The molecule has 1 aliphatic rings. The van der Waals surface area contributed by atoms with Crippen LogP contribution in [0.4, 0.5) is 0 Å². The molecule has 0 aliphatic heterocycles. The number of carbonyl (C=O) groups is 1. The first-order valence-corrected chi connectivity index (χ1v) is 6.13. The van der Waals surface area contributed by atoms with Crippen molar-refractivity contribution in [2.45, 2.75) is 29.6 Å². The molecule has 2 rings (SSSR count). The van der Waals surface area contributed by atoms with Gasteiger partial charge in [0.25, 0.3) is 0 Å². The van der Waals surface area contributed by atoms with Gasteiger partial charge in [0.2, 0.25) is 20.7 Å². The van der Waals surface area contributed by atoms with E-state index in [1.165, 1.54) is 6.07 Å². The molecule has 0 amide bonds. The smallest absolute Gasteiger partial charge is 0.371 e. The molecule has 5 nitrogen and oxygen atoms in total. The van der Waals surface area contributed by atoms with Gasteiger partial charge >= 0.3 is 5.97 Å². The lowest BCUT2D eigenvalue weighted by atomic mass is 10.0. The maximum atomic E-state index is 11.8. The second-order valence-corrected chi connectivity index (χ2v) is 5.68. The minimum atomic E-state index is -3.44. The van der Waals surface area contributed by atoms with E-state index in [1.54, 1.807) is 0 Å². The van der Waals surface area contributed by atoms with Gasteiger partial charge in [-0.2, -0.15) is 0 Å². The van der Waals surface area contributed by atoms with Crippen molar-refractivity contribution < 1.29 is 22.7 Å². The second kappa shape index (κ2) is 3.37. The summed E-state index contributed by atoms with van der Waals surface area (Å²) in [5.41, 5.74) is 0. The Morgan fingerprint density at radius 1 is 1.40 bits per heavy atom. The zero-order valence-electron chi connectivity index (χ0n) is 7.84. The minimum absolute atomic E-state index is 0.232. The van der Waals surface area contributed by atoms with Crippen molar-refractivity contribution >= 4 is 15.8 Å². The van der Waals surface area contributed by atoms with Crippen LogP contribution in [-0.2, 0) is 9.84 Å². The van der Waals surface area contributed by atoms with E-state index in [0.29, 0.717) is 12.8 Å². The molecule has 1 fully saturated rings. The Hall–Kier alpha value is -1.30. The summed E-state index contributed by atoms with van der Waals surface area (Å²) >= 11 is 0. The maximum Gasteiger partial charge on any atom is 0.371 e. The minimum Gasteiger partial charge on any atom is -0.475 e. The first-order chi connectivity index (χ1) is 7.01. The number of carboxylic acid groups (broad SMARTS) is 1. The molecule has 1 aliphatic carbocycles. The van der Waals surface area contributed by atoms with Crippen LogP contribution in [0.25, 0.3) is 0 Å². The highest BCUT2D eigenvalue weighted by atomic mass is 32.2. The number of hydrogen-bond donors (Lipinski definition) is 1. The van der Waals surface area contributed by atoms with E-state index in [2.05, 4.69) is 0 Å². The molecule has 0 aromatic carbocycles. The van der Waals surface area contributed by atoms with Crippen LogP contribution in [0.1, 0.15) is 29.8 Å². The fourth-order valence-electron chi connectivity index (χ4n) is 1.43. The van der Waals surface area contributed by atoms with E-state index in [0.717, 1.165) is 12.5 Å². The largest absolute Gasteiger partial charge is 0.475 e. The van der Waals surface area contributed by atoms with Crippen LogP contribution < -0.4 is 0 Å². The van der Waals surface area contributed by atoms with Gasteiger partial charge in [0, 0.05) is 0 Å². The van der Waals surface area contributed by atoms with Gasteiger partial charge in [-0.1, -0.05) is 6.42 Å². The average molecular weight is 230 g/mol. The van der Waals surface area contributed by atoms with Crippen LogP contribution >= 0.6 is 0 Å². The van der Waals surface area contributed by atoms with Crippen molar-refractivity contribution in [2.24, 2.45) is 0 Å². The molecular weight excluding hydrogens is 220 g/mol. The van der Waals surface area contributed by atoms with Gasteiger partial charge in [-0.3, -0.25) is 0 Å². The van der Waals surface area contributed by atoms with Crippen LogP contribution in [0.5, 0.6) is 0 Å². The van der Waals surface area contributed by atoms with Crippen LogP contribution in [0, 0.1) is 0 Å². The summed E-state index contributed by atoms with van der Waals surface area (Å²) in [5.74, 6) is -1.60. The Balaban J connectivity index is 2.32. The summed E-state index contributed by atoms with van der Waals surface area (Å²) in [6.07, 6.45) is 2.16. The first-order valence-electron chi connectivity index (χ1n) is 4.59. The molecule has 0 unspecified atom stereocenters. The Bertz CT molecular complexity index is 480. The van der Waals surface area contributed by atoms with Crippen molar-refractivity contribution in [1.82, 2.24) is 0 Å². The maximum absolute atomic E-state index is 11.8. The highest BCUT2D eigenvalue weighted by Gasteiger charge is 2.35. The van der Waals surface area contributed by atoms with Crippen LogP contribution in [0.2, 0.25) is 0 Å². The summed E-state index contributed by atoms with van der Waals surface area (Å²) < 4.78 is 28.3. The van der Waals surface area contributed by atoms with Gasteiger partial charge in [0.15, 0.2) is 0 Å². The number of carboxylic acids is 1. The zero-order chi connectivity index (χ0) is 11.1. The van der Waals surface area contributed by atoms with Crippen LogP contribution in [0.3, 0.4) is 0 Å². The van der Waals surface area contributed by atoms with Crippen molar-refractivity contribution in [3.05, 3.63) is 17.9 Å². The third-order valence-electron chi connectivity index (χ3n) is 2.56. The molecule has 82 valence electrons. The van der Waals surface area contributed by atoms with Crippen LogP contribution in [-0.4, -0.2) is 24.7 Å². The third kappa shape index (κ3) is 1.65. The molecule has 0 saturated heterocycles. The highest BCUT2D eigenvalue weighted by molar-refractivity contribution is 7.92. The topological polar surface area (TPSA) is 84.6 Å². The average Bonchev–Trinajstić information content (AvgIpc) is 2.46. The van der Waals surface area contributed by atoms with E-state index in [9.17, 15) is 13.2 Å². The Morgan fingerprint density at radius 2 is 2.07 bits per heavy atom. The van der Waals surface area contributed by atoms with E-state index in [-0.39, 0.29) is 10.9 Å². The molecule has 1 aromatic heterocycles. The lowest BCUT2D eigenvalue weighted by Crippen LogP contribution is -2.28. The summed E-state index contributed by atoms with van der Waals surface area (Å²) in [6, 6.07) is 2.37. The fourth-order valence-corrected chi connectivity index (χ4v) is 3.18. The summed E-state index contributed by atoms with van der Waals surface area (Å²) in [6.45, 7) is 0. The SMILES string of the molecule is O=C(O)c1ccc(S(=O)(=O)C2CCC2)o1. The molecule has 1 heterocycles.